The number of rotatable bonds is 4. The van der Waals surface area contributed by atoms with Crippen molar-refractivity contribution in [3.63, 3.8) is 0 Å². The minimum atomic E-state index is -0.929. The van der Waals surface area contributed by atoms with Crippen molar-refractivity contribution in [3.8, 4) is 0 Å². The molecule has 0 aromatic rings. The first-order chi connectivity index (χ1) is 5.66. The van der Waals surface area contributed by atoms with Gasteiger partial charge in [0.2, 0.25) is 0 Å². The summed E-state index contributed by atoms with van der Waals surface area (Å²) in [5.74, 6) is -0.929. The second kappa shape index (κ2) is 6.21. The highest BCUT2D eigenvalue weighted by atomic mass is 16.4. The summed E-state index contributed by atoms with van der Waals surface area (Å²) in [6, 6.07) is -0.394. The van der Waals surface area contributed by atoms with Crippen LogP contribution in [0.1, 0.15) is 13.3 Å². The van der Waals surface area contributed by atoms with Gasteiger partial charge >= 0.3 is 12.0 Å². The van der Waals surface area contributed by atoms with E-state index in [0.29, 0.717) is 0 Å². The lowest BCUT2D eigenvalue weighted by Gasteiger charge is -2.00. The first-order valence-corrected chi connectivity index (χ1v) is 3.54. The van der Waals surface area contributed by atoms with Crippen LogP contribution in [0.5, 0.6) is 0 Å². The number of nitrogens with one attached hydrogen (secondary N) is 2. The van der Waals surface area contributed by atoms with Crippen LogP contribution in [0.25, 0.3) is 0 Å². The Kier molecular flexibility index (Phi) is 5.42. The molecule has 0 fully saturated rings. The molecule has 0 atom stereocenters. The van der Waals surface area contributed by atoms with Gasteiger partial charge in [-0.3, -0.25) is 4.79 Å². The molecule has 2 amide bonds. The smallest absolute Gasteiger partial charge is 0.318 e. The van der Waals surface area contributed by atoms with E-state index in [4.69, 9.17) is 5.11 Å². The van der Waals surface area contributed by atoms with Crippen molar-refractivity contribution < 1.29 is 14.7 Å². The summed E-state index contributed by atoms with van der Waals surface area (Å²) in [7, 11) is 0. The number of carbonyl (C=O) groups is 2. The molecule has 0 saturated heterocycles. The normalized spacial score (nSPS) is 9.75. The summed E-state index contributed by atoms with van der Waals surface area (Å²) in [4.78, 5) is 20.7. The molecule has 0 radical (unpaired) electrons. The van der Waals surface area contributed by atoms with Crippen molar-refractivity contribution in [2.24, 2.45) is 0 Å². The number of hydrogen-bond donors (Lipinski definition) is 3. The van der Waals surface area contributed by atoms with Crippen molar-refractivity contribution in [2.45, 2.75) is 13.3 Å². The predicted molar refractivity (Wildman–Crippen MR) is 43.6 cm³/mol. The van der Waals surface area contributed by atoms with E-state index in [1.165, 1.54) is 6.20 Å². The molecule has 0 unspecified atom stereocenters. The molecule has 3 N–H and O–H groups in total. The minimum Gasteiger partial charge on any atom is -0.481 e. The van der Waals surface area contributed by atoms with Crippen LogP contribution >= 0.6 is 0 Å². The van der Waals surface area contributed by atoms with Gasteiger partial charge in [0.1, 0.15) is 0 Å². The highest BCUT2D eigenvalue weighted by Gasteiger charge is 1.98. The van der Waals surface area contributed by atoms with Gasteiger partial charge in [-0.25, -0.2) is 4.79 Å². The minimum absolute atomic E-state index is 0.0662. The van der Waals surface area contributed by atoms with Crippen LogP contribution in [-0.4, -0.2) is 23.7 Å². The van der Waals surface area contributed by atoms with E-state index in [9.17, 15) is 9.59 Å². The van der Waals surface area contributed by atoms with E-state index in [1.54, 1.807) is 13.0 Å². The third-order valence-corrected chi connectivity index (χ3v) is 1.01. The van der Waals surface area contributed by atoms with Crippen molar-refractivity contribution in [1.82, 2.24) is 10.6 Å². The molecular formula is C7H12N2O3. The van der Waals surface area contributed by atoms with Crippen molar-refractivity contribution in [2.75, 3.05) is 6.54 Å². The summed E-state index contributed by atoms with van der Waals surface area (Å²) >= 11 is 0. The van der Waals surface area contributed by atoms with Gasteiger partial charge in [0.15, 0.2) is 0 Å². The topological polar surface area (TPSA) is 78.4 Å². The van der Waals surface area contributed by atoms with Gasteiger partial charge in [-0.1, -0.05) is 6.08 Å². The molecule has 0 spiro atoms. The third-order valence-electron chi connectivity index (χ3n) is 1.01. The Morgan fingerprint density at radius 2 is 2.17 bits per heavy atom. The number of carboxylic acids is 1. The Bertz CT molecular complexity index is 189. The summed E-state index contributed by atoms with van der Waals surface area (Å²) in [6.45, 7) is 1.90. The maximum Gasteiger partial charge on any atom is 0.318 e. The van der Waals surface area contributed by atoms with E-state index in [2.05, 4.69) is 10.6 Å². The Labute approximate surface area is 70.5 Å². The Balaban J connectivity index is 3.38. The van der Waals surface area contributed by atoms with Gasteiger partial charge in [0, 0.05) is 12.7 Å². The molecule has 0 bridgehead atoms. The highest BCUT2D eigenvalue weighted by molar-refractivity contribution is 5.75. The number of carboxylic acid groups (broad SMARTS) is 1. The number of aliphatic carboxylic acids is 1. The van der Waals surface area contributed by atoms with E-state index >= 15 is 0 Å². The predicted octanol–water partition coefficient (Wildman–Crippen LogP) is 0.294. The molecule has 0 aromatic heterocycles. The van der Waals surface area contributed by atoms with E-state index < -0.39 is 12.0 Å². The first-order valence-electron chi connectivity index (χ1n) is 3.54. The monoisotopic (exact) mass is 172 g/mol. The van der Waals surface area contributed by atoms with Crippen LogP contribution < -0.4 is 10.6 Å². The lowest BCUT2D eigenvalue weighted by atomic mass is 10.4. The zero-order chi connectivity index (χ0) is 9.40. The van der Waals surface area contributed by atoms with Crippen LogP contribution in [0.3, 0.4) is 0 Å². The van der Waals surface area contributed by atoms with Gasteiger partial charge in [0.25, 0.3) is 0 Å². The Morgan fingerprint density at radius 1 is 1.50 bits per heavy atom. The van der Waals surface area contributed by atoms with Crippen LogP contribution in [0.15, 0.2) is 12.3 Å². The number of carbonyl (C=O) groups excluding carboxylic acids is 1. The molecule has 0 aliphatic carbocycles. The second-order valence-corrected chi connectivity index (χ2v) is 2.04. The fourth-order valence-corrected chi connectivity index (χ4v) is 0.493. The highest BCUT2D eigenvalue weighted by Crippen LogP contribution is 1.75. The van der Waals surface area contributed by atoms with Gasteiger partial charge in [-0.2, -0.15) is 0 Å². The van der Waals surface area contributed by atoms with Gasteiger partial charge in [-0.05, 0) is 6.92 Å². The maximum absolute atomic E-state index is 10.7. The molecular weight excluding hydrogens is 160 g/mol. The Morgan fingerprint density at radius 3 is 2.67 bits per heavy atom. The lowest BCUT2D eigenvalue weighted by Crippen LogP contribution is -2.33. The van der Waals surface area contributed by atoms with Crippen LogP contribution in [0.4, 0.5) is 4.79 Å². The molecule has 0 aliphatic rings. The molecule has 0 saturated carbocycles. The van der Waals surface area contributed by atoms with Gasteiger partial charge < -0.3 is 15.7 Å². The van der Waals surface area contributed by atoms with Crippen molar-refractivity contribution in [3.05, 3.63) is 12.3 Å². The standard InChI is InChI=1S/C7H12N2O3/c1-2-4-8-7(12)9-5-3-6(10)11/h2,4H,3,5H2,1H3,(H,10,11)(H2,8,9,12)/b4-2+. The van der Waals surface area contributed by atoms with Crippen LogP contribution in [0.2, 0.25) is 0 Å². The summed E-state index contributed by atoms with van der Waals surface area (Å²) in [6.07, 6.45) is 3.07. The number of hydrogen-bond acceptors (Lipinski definition) is 2. The molecule has 0 rings (SSSR count). The van der Waals surface area contributed by atoms with Gasteiger partial charge in [0.05, 0.1) is 6.42 Å². The van der Waals surface area contributed by atoms with Crippen LogP contribution in [0, 0.1) is 0 Å². The second-order valence-electron chi connectivity index (χ2n) is 2.04. The number of amides is 2. The third kappa shape index (κ3) is 6.60. The van der Waals surface area contributed by atoms with E-state index in [1.807, 2.05) is 0 Å². The van der Waals surface area contributed by atoms with Crippen LogP contribution in [-0.2, 0) is 4.79 Å². The average molecular weight is 172 g/mol. The molecule has 0 aromatic carbocycles. The summed E-state index contributed by atoms with van der Waals surface area (Å²) < 4.78 is 0. The van der Waals surface area contributed by atoms with Crippen molar-refractivity contribution >= 4 is 12.0 Å². The molecule has 5 heteroatoms. The van der Waals surface area contributed by atoms with E-state index in [-0.39, 0.29) is 13.0 Å². The number of urea groups is 1. The van der Waals surface area contributed by atoms with E-state index in [0.717, 1.165) is 0 Å². The quantitative estimate of drug-likeness (QED) is 0.570. The largest absolute Gasteiger partial charge is 0.481 e. The molecule has 0 heterocycles. The molecule has 12 heavy (non-hydrogen) atoms. The lowest BCUT2D eigenvalue weighted by molar-refractivity contribution is -0.136. The Hall–Kier alpha value is -1.52. The SMILES string of the molecule is C/C=C/NC(=O)NCCC(=O)O. The van der Waals surface area contributed by atoms with Crippen molar-refractivity contribution in [1.29, 1.82) is 0 Å². The number of allylic oxidation sites excluding steroid dienone is 1. The fraction of sp³-hybridized carbons (Fsp3) is 0.429. The zero-order valence-electron chi connectivity index (χ0n) is 6.83. The molecule has 5 nitrogen and oxygen atoms in total. The van der Waals surface area contributed by atoms with Gasteiger partial charge in [-0.15, -0.1) is 0 Å². The summed E-state index contributed by atoms with van der Waals surface area (Å²) in [5, 5.41) is 13.0. The molecule has 0 aliphatic heterocycles. The maximum atomic E-state index is 10.7. The first kappa shape index (κ1) is 10.5. The average Bonchev–Trinajstić information content (AvgIpc) is 2.00. The fourth-order valence-electron chi connectivity index (χ4n) is 0.493. The molecule has 68 valence electrons. The zero-order valence-corrected chi connectivity index (χ0v) is 6.83. The summed E-state index contributed by atoms with van der Waals surface area (Å²) in [5.41, 5.74) is 0.